The molecule has 62 valence electrons. The lowest BCUT2D eigenvalue weighted by molar-refractivity contribution is 1.13. The van der Waals surface area contributed by atoms with Crippen LogP contribution in [-0.4, -0.2) is 18.9 Å². The number of imidazole rings is 1. The number of fused-ring (bicyclic) bond motifs is 1. The summed E-state index contributed by atoms with van der Waals surface area (Å²) in [5.74, 6) is 0.0305. The first kappa shape index (κ1) is 7.17. The molecule has 3 N–H and O–H groups in total. The van der Waals surface area contributed by atoms with Crippen molar-refractivity contribution in [1.29, 1.82) is 0 Å². The number of aromatic nitrogens is 4. The van der Waals surface area contributed by atoms with Crippen LogP contribution in [-0.2, 0) is 0 Å². The van der Waals surface area contributed by atoms with Crippen LogP contribution in [0, 0.1) is 0 Å². The van der Waals surface area contributed by atoms with Gasteiger partial charge in [0.1, 0.15) is 0 Å². The second kappa shape index (κ2) is 2.24. The van der Waals surface area contributed by atoms with E-state index in [0.717, 1.165) is 0 Å². The van der Waals surface area contributed by atoms with Gasteiger partial charge in [-0.3, -0.25) is 4.79 Å². The predicted octanol–water partition coefficient (Wildman–Crippen LogP) is -0.605. The summed E-state index contributed by atoms with van der Waals surface area (Å²) in [5, 5.41) is 0. The minimum absolute atomic E-state index is 0.0305. The van der Waals surface area contributed by atoms with E-state index in [1.54, 1.807) is 0 Å². The van der Waals surface area contributed by atoms with E-state index in [0.29, 0.717) is 11.2 Å². The van der Waals surface area contributed by atoms with Crippen LogP contribution in [0.25, 0.3) is 11.2 Å². The van der Waals surface area contributed by atoms with Crippen LogP contribution in [0.1, 0.15) is 0 Å². The average molecular weight is 183 g/mol. The van der Waals surface area contributed by atoms with Gasteiger partial charge in [0.15, 0.2) is 11.2 Å². The third-order valence-corrected chi connectivity index (χ3v) is 1.86. The van der Waals surface area contributed by atoms with E-state index in [1.165, 1.54) is 10.3 Å². The minimum Gasteiger partial charge on any atom is -0.368 e. The molecule has 0 fully saturated rings. The van der Waals surface area contributed by atoms with Gasteiger partial charge < -0.3 is 10.7 Å². The molecule has 0 saturated heterocycles. The molecular weight excluding hydrogens is 178 g/mol. The number of thiol groups is 1. The predicted molar refractivity (Wildman–Crippen MR) is 46.9 cm³/mol. The van der Waals surface area contributed by atoms with Gasteiger partial charge in [0.25, 0.3) is 0 Å². The molecule has 0 aromatic carbocycles. The smallest absolute Gasteiger partial charge is 0.300 e. The Morgan fingerprint density at radius 2 is 2.42 bits per heavy atom. The van der Waals surface area contributed by atoms with Gasteiger partial charge in [-0.25, -0.2) is 8.96 Å². The van der Waals surface area contributed by atoms with Gasteiger partial charge >= 0.3 is 5.56 Å². The third kappa shape index (κ3) is 0.797. The molecule has 0 bridgehead atoms. The number of hydrogen-bond acceptors (Lipinski definition) is 5. The van der Waals surface area contributed by atoms with Crippen molar-refractivity contribution in [2.24, 2.45) is 0 Å². The molecule has 0 saturated carbocycles. The lowest BCUT2D eigenvalue weighted by atomic mass is 10.5. The number of nitrogens with one attached hydrogen (secondary N) is 1. The molecule has 0 aliphatic heterocycles. The zero-order valence-electron chi connectivity index (χ0n) is 5.85. The van der Waals surface area contributed by atoms with Crippen molar-refractivity contribution >= 4 is 29.9 Å². The van der Waals surface area contributed by atoms with Gasteiger partial charge in [-0.1, -0.05) is 12.8 Å². The van der Waals surface area contributed by atoms with Crippen molar-refractivity contribution in [3.05, 3.63) is 16.7 Å². The van der Waals surface area contributed by atoms with E-state index in [2.05, 4.69) is 27.8 Å². The highest BCUT2D eigenvalue weighted by Crippen LogP contribution is 2.08. The first-order valence-electron chi connectivity index (χ1n) is 3.11. The minimum atomic E-state index is -0.426. The first-order chi connectivity index (χ1) is 5.70. The largest absolute Gasteiger partial charge is 0.368 e. The molecule has 0 aliphatic carbocycles. The van der Waals surface area contributed by atoms with E-state index < -0.39 is 5.56 Å². The summed E-state index contributed by atoms with van der Waals surface area (Å²) in [6, 6.07) is 0. The highest BCUT2D eigenvalue weighted by molar-refractivity contribution is 7.78. The van der Waals surface area contributed by atoms with Gasteiger partial charge in [0.05, 0.1) is 6.33 Å². The zero-order chi connectivity index (χ0) is 8.72. The van der Waals surface area contributed by atoms with Crippen molar-refractivity contribution in [2.45, 2.75) is 0 Å². The summed E-state index contributed by atoms with van der Waals surface area (Å²) in [6.07, 6.45) is 1.39. The van der Waals surface area contributed by atoms with Gasteiger partial charge in [-0.2, -0.15) is 4.98 Å². The fourth-order valence-corrected chi connectivity index (χ4v) is 1.12. The molecule has 0 radical (unpaired) electrons. The topological polar surface area (TPSA) is 89.6 Å². The highest BCUT2D eigenvalue weighted by Gasteiger charge is 2.07. The van der Waals surface area contributed by atoms with Gasteiger partial charge in [0, 0.05) is 0 Å². The van der Waals surface area contributed by atoms with Gasteiger partial charge in [-0.05, 0) is 0 Å². The summed E-state index contributed by atoms with van der Waals surface area (Å²) in [7, 11) is 0. The summed E-state index contributed by atoms with van der Waals surface area (Å²) in [5.41, 5.74) is 5.63. The SMILES string of the molecule is Nc1nc(=O)c2[nH]cnc2n1S. The lowest BCUT2D eigenvalue weighted by Crippen LogP contribution is -2.14. The summed E-state index contributed by atoms with van der Waals surface area (Å²) >= 11 is 3.98. The maximum atomic E-state index is 11.1. The number of hydrogen-bond donors (Lipinski definition) is 3. The average Bonchev–Trinajstić information content (AvgIpc) is 2.48. The van der Waals surface area contributed by atoms with Crippen LogP contribution >= 0.6 is 12.8 Å². The maximum Gasteiger partial charge on any atom is 0.300 e. The molecular formula is C5H5N5OS. The number of nitrogens with two attached hydrogens (primary N) is 1. The van der Waals surface area contributed by atoms with Crippen LogP contribution in [0.4, 0.5) is 5.95 Å². The molecule has 12 heavy (non-hydrogen) atoms. The van der Waals surface area contributed by atoms with E-state index in [4.69, 9.17) is 5.73 Å². The van der Waals surface area contributed by atoms with Crippen LogP contribution in [0.5, 0.6) is 0 Å². The van der Waals surface area contributed by atoms with Crippen molar-refractivity contribution < 1.29 is 0 Å². The molecule has 6 nitrogen and oxygen atoms in total. The van der Waals surface area contributed by atoms with Crippen LogP contribution in [0.15, 0.2) is 11.1 Å². The monoisotopic (exact) mass is 183 g/mol. The van der Waals surface area contributed by atoms with Crippen molar-refractivity contribution in [3.8, 4) is 0 Å². The molecule has 0 atom stereocenters. The Morgan fingerprint density at radius 3 is 3.17 bits per heavy atom. The number of nitrogen functional groups attached to an aromatic ring is 1. The summed E-state index contributed by atoms with van der Waals surface area (Å²) in [4.78, 5) is 21.1. The molecule has 0 spiro atoms. The number of rotatable bonds is 0. The Bertz CT molecular complexity index is 486. The van der Waals surface area contributed by atoms with Crippen LogP contribution in [0.2, 0.25) is 0 Å². The quantitative estimate of drug-likeness (QED) is 0.475. The molecule has 2 aromatic rings. The Morgan fingerprint density at radius 1 is 1.67 bits per heavy atom. The van der Waals surface area contributed by atoms with Crippen molar-refractivity contribution in [3.63, 3.8) is 0 Å². The molecule has 2 heterocycles. The molecule has 2 rings (SSSR count). The van der Waals surface area contributed by atoms with Crippen molar-refractivity contribution in [1.82, 2.24) is 18.9 Å². The number of anilines is 1. The van der Waals surface area contributed by atoms with E-state index in [9.17, 15) is 4.79 Å². The van der Waals surface area contributed by atoms with Crippen molar-refractivity contribution in [2.75, 3.05) is 5.73 Å². The lowest BCUT2D eigenvalue weighted by Gasteiger charge is -1.99. The Hall–Kier alpha value is -1.50. The first-order valence-corrected chi connectivity index (χ1v) is 3.51. The second-order valence-corrected chi connectivity index (χ2v) is 2.59. The summed E-state index contributed by atoms with van der Waals surface area (Å²) in [6.45, 7) is 0. The van der Waals surface area contributed by atoms with Gasteiger partial charge in [-0.15, -0.1) is 0 Å². The Balaban J connectivity index is 3.07. The third-order valence-electron chi connectivity index (χ3n) is 1.47. The number of nitrogens with zero attached hydrogens (tertiary/aromatic N) is 3. The molecule has 0 aliphatic rings. The normalized spacial score (nSPS) is 10.8. The van der Waals surface area contributed by atoms with Gasteiger partial charge in [0.2, 0.25) is 5.95 Å². The molecule has 7 heteroatoms. The number of H-pyrrole nitrogens is 1. The number of aromatic amines is 1. The fraction of sp³-hybridized carbons (Fsp3) is 0. The second-order valence-electron chi connectivity index (χ2n) is 2.19. The Kier molecular flexibility index (Phi) is 1.34. The standard InChI is InChI=1S/C5H5N5OS/c6-5-9-4(11)2-3(10(5)12)8-1-7-2/h1,12H,(H,7,8)(H2,6,9,11). The van der Waals surface area contributed by atoms with E-state index >= 15 is 0 Å². The van der Waals surface area contributed by atoms with Crippen LogP contribution in [0.3, 0.4) is 0 Å². The molecule has 0 amide bonds. The highest BCUT2D eigenvalue weighted by atomic mass is 32.1. The van der Waals surface area contributed by atoms with Crippen LogP contribution < -0.4 is 11.3 Å². The summed E-state index contributed by atoms with van der Waals surface area (Å²) < 4.78 is 1.24. The zero-order valence-corrected chi connectivity index (χ0v) is 6.75. The van der Waals surface area contributed by atoms with E-state index in [-0.39, 0.29) is 5.95 Å². The molecule has 0 unspecified atom stereocenters. The van der Waals surface area contributed by atoms with E-state index in [1.807, 2.05) is 0 Å². The fourth-order valence-electron chi connectivity index (χ4n) is 0.921. The molecule has 2 aromatic heterocycles. The Labute approximate surface area is 72.0 Å². The maximum absolute atomic E-state index is 11.1.